The van der Waals surface area contributed by atoms with E-state index in [1.54, 1.807) is 0 Å². The van der Waals surface area contributed by atoms with Crippen molar-refractivity contribution in [1.82, 2.24) is 4.90 Å². The van der Waals surface area contributed by atoms with E-state index in [1.165, 1.54) is 4.90 Å². The summed E-state index contributed by atoms with van der Waals surface area (Å²) < 4.78 is 0. The molecule has 1 atom stereocenters. The van der Waals surface area contributed by atoms with E-state index in [0.29, 0.717) is 32.2 Å². The van der Waals surface area contributed by atoms with E-state index in [9.17, 15) is 14.4 Å². The Morgan fingerprint density at radius 2 is 1.76 bits per heavy atom. The van der Waals surface area contributed by atoms with E-state index < -0.39 is 5.97 Å². The lowest BCUT2D eigenvalue weighted by atomic mass is 9.81. The summed E-state index contributed by atoms with van der Waals surface area (Å²) >= 11 is 0. The predicted molar refractivity (Wildman–Crippen MR) is 79.6 cm³/mol. The monoisotopic (exact) mass is 297 g/mol. The van der Waals surface area contributed by atoms with Crippen LogP contribution in [-0.4, -0.2) is 34.3 Å². The van der Waals surface area contributed by atoms with Crippen molar-refractivity contribution in [3.8, 4) is 0 Å². The molecule has 0 aromatic rings. The van der Waals surface area contributed by atoms with Gasteiger partial charge in [-0.3, -0.25) is 19.3 Å². The average Bonchev–Trinajstić information content (AvgIpc) is 2.33. The molecule has 5 heteroatoms. The van der Waals surface area contributed by atoms with Crippen molar-refractivity contribution in [2.24, 2.45) is 11.3 Å². The van der Waals surface area contributed by atoms with Gasteiger partial charge in [-0.05, 0) is 24.2 Å². The van der Waals surface area contributed by atoms with Crippen LogP contribution in [0.4, 0.5) is 0 Å². The molecule has 0 bridgehead atoms. The molecule has 1 rings (SSSR count). The van der Waals surface area contributed by atoms with Gasteiger partial charge in [0.05, 0.1) is 0 Å². The average molecular weight is 297 g/mol. The lowest BCUT2D eigenvalue weighted by Gasteiger charge is -2.35. The van der Waals surface area contributed by atoms with Crippen molar-refractivity contribution in [3.05, 3.63) is 0 Å². The Bertz CT molecular complexity index is 383. The van der Waals surface area contributed by atoms with Crippen LogP contribution in [0.15, 0.2) is 0 Å². The van der Waals surface area contributed by atoms with Crippen LogP contribution in [0, 0.1) is 11.3 Å². The van der Waals surface area contributed by atoms with Crippen molar-refractivity contribution < 1.29 is 19.5 Å². The second-order valence-corrected chi connectivity index (χ2v) is 6.83. The zero-order valence-electron chi connectivity index (χ0n) is 13.4. The quantitative estimate of drug-likeness (QED) is 0.699. The fraction of sp³-hybridized carbons (Fsp3) is 0.812. The highest BCUT2D eigenvalue weighted by molar-refractivity contribution is 5.98. The smallest absolute Gasteiger partial charge is 0.303 e. The van der Waals surface area contributed by atoms with E-state index in [0.717, 1.165) is 12.8 Å². The van der Waals surface area contributed by atoms with Gasteiger partial charge in [-0.25, -0.2) is 0 Å². The Labute approximate surface area is 126 Å². The van der Waals surface area contributed by atoms with Crippen LogP contribution in [0.1, 0.15) is 65.7 Å². The minimum absolute atomic E-state index is 0.0928. The van der Waals surface area contributed by atoms with Gasteiger partial charge in [0.15, 0.2) is 0 Å². The number of carboxylic acids is 1. The zero-order valence-corrected chi connectivity index (χ0v) is 13.4. The first-order valence-electron chi connectivity index (χ1n) is 7.80. The highest BCUT2D eigenvalue weighted by Gasteiger charge is 2.37. The molecule has 1 fully saturated rings. The molecule has 1 aliphatic heterocycles. The normalized spacial score (nSPS) is 19.7. The van der Waals surface area contributed by atoms with E-state index in [4.69, 9.17) is 5.11 Å². The van der Waals surface area contributed by atoms with Crippen LogP contribution in [0.3, 0.4) is 0 Å². The number of piperidine rings is 1. The maximum absolute atomic E-state index is 12.1. The molecule has 1 unspecified atom stereocenters. The molecule has 1 aliphatic rings. The summed E-state index contributed by atoms with van der Waals surface area (Å²) in [7, 11) is 0. The van der Waals surface area contributed by atoms with Gasteiger partial charge >= 0.3 is 5.97 Å². The van der Waals surface area contributed by atoms with E-state index >= 15 is 0 Å². The van der Waals surface area contributed by atoms with Crippen LogP contribution < -0.4 is 0 Å². The summed E-state index contributed by atoms with van der Waals surface area (Å²) in [5.41, 5.74) is -0.239. The third kappa shape index (κ3) is 5.86. The molecule has 120 valence electrons. The highest BCUT2D eigenvalue weighted by atomic mass is 16.4. The molecule has 0 aliphatic carbocycles. The van der Waals surface area contributed by atoms with E-state index in [2.05, 4.69) is 6.92 Å². The van der Waals surface area contributed by atoms with Crippen LogP contribution in [0.5, 0.6) is 0 Å². The molecule has 0 aromatic carbocycles. The number of amides is 2. The van der Waals surface area contributed by atoms with Gasteiger partial charge in [0.25, 0.3) is 0 Å². The second kappa shape index (κ2) is 7.57. The summed E-state index contributed by atoms with van der Waals surface area (Å²) in [5.74, 6) is -0.709. The summed E-state index contributed by atoms with van der Waals surface area (Å²) in [6, 6.07) is 0. The van der Waals surface area contributed by atoms with Crippen LogP contribution in [0.2, 0.25) is 0 Å². The fourth-order valence-corrected chi connectivity index (χ4v) is 2.94. The first-order valence-corrected chi connectivity index (χ1v) is 7.80. The maximum atomic E-state index is 12.1. The minimum Gasteiger partial charge on any atom is -0.481 e. The number of carbonyl (C=O) groups excluding carboxylic acids is 2. The molecule has 0 radical (unpaired) electrons. The standard InChI is InChI=1S/C16H27NO4/c1-4-5-12(6-7-15(20)21)8-9-17-13(18)10-16(2,3)11-14(17)19/h12H,4-11H2,1-3H3,(H,20,21). The lowest BCUT2D eigenvalue weighted by Crippen LogP contribution is -2.46. The molecule has 0 spiro atoms. The molecule has 1 N–H and O–H groups in total. The number of hydrogen-bond donors (Lipinski definition) is 1. The SMILES string of the molecule is CCCC(CCC(=O)O)CCN1C(=O)CC(C)(C)CC1=O. The minimum atomic E-state index is -0.789. The zero-order chi connectivity index (χ0) is 16.0. The van der Waals surface area contributed by atoms with E-state index in [-0.39, 0.29) is 29.6 Å². The number of hydrogen-bond acceptors (Lipinski definition) is 3. The molecule has 1 saturated heterocycles. The number of nitrogens with zero attached hydrogens (tertiary/aromatic N) is 1. The molecule has 0 saturated carbocycles. The Morgan fingerprint density at radius 3 is 2.24 bits per heavy atom. The van der Waals surface area contributed by atoms with Crippen molar-refractivity contribution in [1.29, 1.82) is 0 Å². The van der Waals surface area contributed by atoms with Gasteiger partial charge in [0.1, 0.15) is 0 Å². The summed E-state index contributed by atoms with van der Waals surface area (Å²) in [6.07, 6.45) is 4.22. The molecular weight excluding hydrogens is 270 g/mol. The van der Waals surface area contributed by atoms with Crippen molar-refractivity contribution >= 4 is 17.8 Å². The van der Waals surface area contributed by atoms with Crippen molar-refractivity contribution in [2.75, 3.05) is 6.54 Å². The largest absolute Gasteiger partial charge is 0.481 e. The maximum Gasteiger partial charge on any atom is 0.303 e. The number of carboxylic acid groups (broad SMARTS) is 1. The van der Waals surface area contributed by atoms with Gasteiger partial charge in [-0.1, -0.05) is 33.6 Å². The molecule has 1 heterocycles. The van der Waals surface area contributed by atoms with Crippen molar-refractivity contribution in [2.45, 2.75) is 65.7 Å². The van der Waals surface area contributed by atoms with Crippen molar-refractivity contribution in [3.63, 3.8) is 0 Å². The fourth-order valence-electron chi connectivity index (χ4n) is 2.94. The van der Waals surface area contributed by atoms with Gasteiger partial charge in [0, 0.05) is 25.8 Å². The second-order valence-electron chi connectivity index (χ2n) is 6.83. The topological polar surface area (TPSA) is 74.7 Å². The summed E-state index contributed by atoms with van der Waals surface area (Å²) in [6.45, 7) is 6.37. The van der Waals surface area contributed by atoms with Crippen LogP contribution in [0.25, 0.3) is 0 Å². The first-order chi connectivity index (χ1) is 9.75. The van der Waals surface area contributed by atoms with Gasteiger partial charge in [0.2, 0.25) is 11.8 Å². The number of imide groups is 1. The van der Waals surface area contributed by atoms with Gasteiger partial charge in [-0.15, -0.1) is 0 Å². The Kier molecular flexibility index (Phi) is 6.37. The first kappa shape index (κ1) is 17.7. The molecule has 5 nitrogen and oxygen atoms in total. The Balaban J connectivity index is 2.52. The third-order valence-corrected chi connectivity index (χ3v) is 4.09. The van der Waals surface area contributed by atoms with Crippen LogP contribution >= 0.6 is 0 Å². The number of rotatable bonds is 8. The molecular formula is C16H27NO4. The van der Waals surface area contributed by atoms with Crippen LogP contribution in [-0.2, 0) is 14.4 Å². The van der Waals surface area contributed by atoms with Gasteiger partial charge < -0.3 is 5.11 Å². The molecule has 2 amide bonds. The Morgan fingerprint density at radius 1 is 1.19 bits per heavy atom. The highest BCUT2D eigenvalue weighted by Crippen LogP contribution is 2.32. The third-order valence-electron chi connectivity index (χ3n) is 4.09. The molecule has 0 aromatic heterocycles. The number of aliphatic carboxylic acids is 1. The summed E-state index contributed by atoms with van der Waals surface area (Å²) in [5, 5.41) is 8.77. The lowest BCUT2D eigenvalue weighted by molar-refractivity contribution is -0.152. The van der Waals surface area contributed by atoms with Gasteiger partial charge in [-0.2, -0.15) is 0 Å². The predicted octanol–water partition coefficient (Wildman–Crippen LogP) is 2.83. The summed E-state index contributed by atoms with van der Waals surface area (Å²) in [4.78, 5) is 36.2. The number of likely N-dealkylation sites (tertiary alicyclic amines) is 1. The molecule has 21 heavy (non-hydrogen) atoms. The number of carbonyl (C=O) groups is 3. The Hall–Kier alpha value is -1.39. The van der Waals surface area contributed by atoms with E-state index in [1.807, 2.05) is 13.8 Å².